The number of nitrogens with zero attached hydrogens (tertiary/aromatic N) is 1. The van der Waals surface area contributed by atoms with Gasteiger partial charge in [0.15, 0.2) is 0 Å². The molecule has 0 unspecified atom stereocenters. The predicted molar refractivity (Wildman–Crippen MR) is 54.8 cm³/mol. The Hall–Kier alpha value is -0.630. The normalized spacial score (nSPS) is 16.2. The molecule has 1 aliphatic rings. The number of rotatable bonds is 1. The Morgan fingerprint density at radius 3 is 2.92 bits per heavy atom. The zero-order valence-corrected chi connectivity index (χ0v) is 8.34. The summed E-state index contributed by atoms with van der Waals surface area (Å²) in [4.78, 5) is 4.44. The van der Waals surface area contributed by atoms with Crippen molar-refractivity contribution in [2.45, 2.75) is 12.8 Å². The highest BCUT2D eigenvalue weighted by molar-refractivity contribution is 9.10. The second-order valence-electron chi connectivity index (χ2n) is 2.94. The van der Waals surface area contributed by atoms with E-state index in [0.29, 0.717) is 0 Å². The molecule has 0 aliphatic carbocycles. The van der Waals surface area contributed by atoms with E-state index < -0.39 is 0 Å². The van der Waals surface area contributed by atoms with Crippen molar-refractivity contribution in [3.63, 3.8) is 0 Å². The third-order valence-corrected chi connectivity index (χ3v) is 2.53. The van der Waals surface area contributed by atoms with Gasteiger partial charge in [0, 0.05) is 16.7 Å². The lowest BCUT2D eigenvalue weighted by Gasteiger charge is -1.99. The van der Waals surface area contributed by atoms with E-state index in [4.69, 9.17) is 0 Å². The zero-order valence-electron chi connectivity index (χ0n) is 6.76. The summed E-state index contributed by atoms with van der Waals surface area (Å²) >= 11 is 3.45. The van der Waals surface area contributed by atoms with E-state index in [1.54, 1.807) is 0 Å². The van der Waals surface area contributed by atoms with Gasteiger partial charge in [-0.1, -0.05) is 28.1 Å². The number of aliphatic imine (C=N–C) groups is 1. The van der Waals surface area contributed by atoms with Crippen LogP contribution in [0.4, 0.5) is 0 Å². The number of halogens is 1. The molecular formula is C10H10BrN. The fourth-order valence-corrected chi connectivity index (χ4v) is 1.84. The summed E-state index contributed by atoms with van der Waals surface area (Å²) in [6.07, 6.45) is 2.35. The Morgan fingerprint density at radius 1 is 1.33 bits per heavy atom. The van der Waals surface area contributed by atoms with Crippen LogP contribution in [-0.4, -0.2) is 12.3 Å². The molecule has 0 bridgehead atoms. The van der Waals surface area contributed by atoms with E-state index in [9.17, 15) is 0 Å². The second-order valence-corrected chi connectivity index (χ2v) is 3.86. The Balaban J connectivity index is 2.33. The van der Waals surface area contributed by atoms with Gasteiger partial charge in [0.1, 0.15) is 0 Å². The van der Waals surface area contributed by atoms with Crippen molar-refractivity contribution < 1.29 is 0 Å². The summed E-state index contributed by atoms with van der Waals surface area (Å²) in [6, 6.07) is 8.35. The molecule has 12 heavy (non-hydrogen) atoms. The second kappa shape index (κ2) is 3.40. The molecular weight excluding hydrogens is 214 g/mol. The van der Waals surface area contributed by atoms with E-state index >= 15 is 0 Å². The van der Waals surface area contributed by atoms with E-state index in [0.717, 1.165) is 17.4 Å². The van der Waals surface area contributed by atoms with Crippen LogP contribution in [0.2, 0.25) is 0 Å². The highest BCUT2D eigenvalue weighted by Crippen LogP contribution is 2.17. The topological polar surface area (TPSA) is 12.4 Å². The number of hydrogen-bond donors (Lipinski definition) is 0. The van der Waals surface area contributed by atoms with Gasteiger partial charge in [0.25, 0.3) is 0 Å². The van der Waals surface area contributed by atoms with Crippen LogP contribution in [0.25, 0.3) is 0 Å². The molecule has 0 saturated carbocycles. The smallest absolute Gasteiger partial charge is 0.0421 e. The van der Waals surface area contributed by atoms with Crippen LogP contribution < -0.4 is 0 Å². The Kier molecular flexibility index (Phi) is 2.26. The Labute approximate surface area is 80.6 Å². The third-order valence-electron chi connectivity index (χ3n) is 2.03. The van der Waals surface area contributed by atoms with Gasteiger partial charge in [-0.3, -0.25) is 4.99 Å². The molecule has 0 aromatic heterocycles. The molecule has 0 spiro atoms. The lowest BCUT2D eigenvalue weighted by Crippen LogP contribution is -1.94. The maximum Gasteiger partial charge on any atom is 0.0421 e. The molecule has 0 fully saturated rings. The van der Waals surface area contributed by atoms with E-state index in [2.05, 4.69) is 39.1 Å². The first kappa shape index (κ1) is 7.99. The van der Waals surface area contributed by atoms with Crippen LogP contribution in [0.15, 0.2) is 33.7 Å². The molecule has 1 aromatic rings. The minimum absolute atomic E-state index is 1.00. The van der Waals surface area contributed by atoms with Crippen molar-refractivity contribution in [3.05, 3.63) is 34.3 Å². The molecule has 1 nitrogen and oxygen atoms in total. The quantitative estimate of drug-likeness (QED) is 0.695. The largest absolute Gasteiger partial charge is 0.289 e. The summed E-state index contributed by atoms with van der Waals surface area (Å²) in [5.41, 5.74) is 2.53. The molecule has 1 heterocycles. The molecule has 1 aromatic carbocycles. The Bertz CT molecular complexity index is 317. The highest BCUT2D eigenvalue weighted by atomic mass is 79.9. The number of hydrogen-bond acceptors (Lipinski definition) is 1. The van der Waals surface area contributed by atoms with Crippen molar-refractivity contribution in [1.82, 2.24) is 0 Å². The summed E-state index contributed by atoms with van der Waals surface area (Å²) in [5.74, 6) is 0. The van der Waals surface area contributed by atoms with Crippen molar-refractivity contribution >= 4 is 21.6 Å². The van der Waals surface area contributed by atoms with Gasteiger partial charge in [-0.05, 0) is 30.5 Å². The fourth-order valence-electron chi connectivity index (χ4n) is 1.44. The maximum atomic E-state index is 4.44. The Morgan fingerprint density at radius 2 is 2.25 bits per heavy atom. The van der Waals surface area contributed by atoms with Crippen molar-refractivity contribution in [2.24, 2.45) is 4.99 Å². The third kappa shape index (κ3) is 1.58. The van der Waals surface area contributed by atoms with Crippen molar-refractivity contribution in [3.8, 4) is 0 Å². The van der Waals surface area contributed by atoms with Gasteiger partial charge in [-0.15, -0.1) is 0 Å². The highest BCUT2D eigenvalue weighted by Gasteiger charge is 2.08. The fraction of sp³-hybridized carbons (Fsp3) is 0.300. The predicted octanol–water partition coefficient (Wildman–Crippen LogP) is 3.03. The average Bonchev–Trinajstić information content (AvgIpc) is 2.56. The number of benzene rings is 1. The summed E-state index contributed by atoms with van der Waals surface area (Å²) in [5, 5.41) is 0. The van der Waals surface area contributed by atoms with E-state index in [1.807, 2.05) is 6.07 Å². The SMILES string of the molecule is Brc1cccc(C2=NCCC2)c1. The van der Waals surface area contributed by atoms with Crippen molar-refractivity contribution in [2.75, 3.05) is 6.54 Å². The molecule has 0 amide bonds. The molecule has 62 valence electrons. The minimum Gasteiger partial charge on any atom is -0.289 e. The first-order chi connectivity index (χ1) is 5.86. The van der Waals surface area contributed by atoms with Crippen LogP contribution >= 0.6 is 15.9 Å². The average molecular weight is 224 g/mol. The minimum atomic E-state index is 1.00. The van der Waals surface area contributed by atoms with E-state index in [1.165, 1.54) is 17.7 Å². The lowest BCUT2D eigenvalue weighted by molar-refractivity contribution is 0.951. The molecule has 2 heteroatoms. The van der Waals surface area contributed by atoms with Crippen LogP contribution in [0.5, 0.6) is 0 Å². The van der Waals surface area contributed by atoms with Gasteiger partial charge in [-0.25, -0.2) is 0 Å². The molecule has 0 saturated heterocycles. The first-order valence-electron chi connectivity index (χ1n) is 4.15. The molecule has 0 N–H and O–H groups in total. The van der Waals surface area contributed by atoms with Crippen molar-refractivity contribution in [1.29, 1.82) is 0 Å². The maximum absolute atomic E-state index is 4.44. The molecule has 2 rings (SSSR count). The van der Waals surface area contributed by atoms with Gasteiger partial charge in [0.05, 0.1) is 0 Å². The molecule has 0 radical (unpaired) electrons. The monoisotopic (exact) mass is 223 g/mol. The standard InChI is InChI=1S/C10H10BrN/c11-9-4-1-3-8(7-9)10-5-2-6-12-10/h1,3-4,7H,2,5-6H2. The van der Waals surface area contributed by atoms with Crippen LogP contribution in [0.1, 0.15) is 18.4 Å². The van der Waals surface area contributed by atoms with Gasteiger partial charge in [0.2, 0.25) is 0 Å². The lowest BCUT2D eigenvalue weighted by atomic mass is 10.1. The van der Waals surface area contributed by atoms with Crippen LogP contribution in [0, 0.1) is 0 Å². The molecule has 1 aliphatic heterocycles. The van der Waals surface area contributed by atoms with Gasteiger partial charge < -0.3 is 0 Å². The van der Waals surface area contributed by atoms with Gasteiger partial charge in [-0.2, -0.15) is 0 Å². The summed E-state index contributed by atoms with van der Waals surface area (Å²) in [6.45, 7) is 1.00. The van der Waals surface area contributed by atoms with Crippen LogP contribution in [-0.2, 0) is 0 Å². The van der Waals surface area contributed by atoms with Gasteiger partial charge >= 0.3 is 0 Å². The van der Waals surface area contributed by atoms with Crippen LogP contribution in [0.3, 0.4) is 0 Å². The summed E-state index contributed by atoms with van der Waals surface area (Å²) < 4.78 is 1.13. The summed E-state index contributed by atoms with van der Waals surface area (Å²) in [7, 11) is 0. The van der Waals surface area contributed by atoms with E-state index in [-0.39, 0.29) is 0 Å². The molecule has 0 atom stereocenters. The zero-order chi connectivity index (χ0) is 8.39. The first-order valence-corrected chi connectivity index (χ1v) is 4.95.